The standard InChI is InChI=1S/C15H14ClFO2/c1-9-7-8-12(18-2)14(15(9)19-3)13-10(16)5-4-6-11(13)17/h4-8H,1-3H3. The van der Waals surface area contributed by atoms with E-state index in [0.717, 1.165) is 5.56 Å². The number of rotatable bonds is 3. The second-order valence-electron chi connectivity index (χ2n) is 4.09. The van der Waals surface area contributed by atoms with Gasteiger partial charge in [0.15, 0.2) is 0 Å². The van der Waals surface area contributed by atoms with Crippen LogP contribution in [0.25, 0.3) is 11.1 Å². The molecule has 0 fully saturated rings. The molecule has 0 saturated heterocycles. The molecule has 0 atom stereocenters. The number of hydrogen-bond acceptors (Lipinski definition) is 2. The van der Waals surface area contributed by atoms with Crippen molar-refractivity contribution in [2.24, 2.45) is 0 Å². The Morgan fingerprint density at radius 3 is 2.32 bits per heavy atom. The van der Waals surface area contributed by atoms with E-state index in [1.165, 1.54) is 13.2 Å². The van der Waals surface area contributed by atoms with Crippen molar-refractivity contribution in [3.05, 3.63) is 46.7 Å². The normalized spacial score (nSPS) is 10.4. The molecule has 0 unspecified atom stereocenters. The van der Waals surface area contributed by atoms with Gasteiger partial charge in [-0.2, -0.15) is 0 Å². The van der Waals surface area contributed by atoms with Crippen LogP contribution in [0.3, 0.4) is 0 Å². The predicted octanol–water partition coefficient (Wildman–Crippen LogP) is 4.47. The van der Waals surface area contributed by atoms with Crippen molar-refractivity contribution in [2.75, 3.05) is 14.2 Å². The highest BCUT2D eigenvalue weighted by atomic mass is 35.5. The van der Waals surface area contributed by atoms with Crippen molar-refractivity contribution >= 4 is 11.6 Å². The van der Waals surface area contributed by atoms with E-state index < -0.39 is 5.82 Å². The van der Waals surface area contributed by atoms with Gasteiger partial charge < -0.3 is 9.47 Å². The van der Waals surface area contributed by atoms with Gasteiger partial charge in [-0.25, -0.2) is 4.39 Å². The van der Waals surface area contributed by atoms with Crippen LogP contribution >= 0.6 is 11.6 Å². The molecule has 4 heteroatoms. The summed E-state index contributed by atoms with van der Waals surface area (Å²) in [4.78, 5) is 0. The molecule has 0 saturated carbocycles. The summed E-state index contributed by atoms with van der Waals surface area (Å²) < 4.78 is 24.8. The molecule has 19 heavy (non-hydrogen) atoms. The first kappa shape index (κ1) is 13.7. The Bertz CT molecular complexity index is 591. The van der Waals surface area contributed by atoms with Gasteiger partial charge in [0.05, 0.1) is 24.8 Å². The van der Waals surface area contributed by atoms with E-state index in [9.17, 15) is 4.39 Å². The van der Waals surface area contributed by atoms with Gasteiger partial charge >= 0.3 is 0 Å². The molecule has 100 valence electrons. The molecule has 2 aromatic carbocycles. The van der Waals surface area contributed by atoms with Gasteiger partial charge in [0.2, 0.25) is 0 Å². The lowest BCUT2D eigenvalue weighted by atomic mass is 10.00. The summed E-state index contributed by atoms with van der Waals surface area (Å²) in [5.41, 5.74) is 1.72. The first-order chi connectivity index (χ1) is 9.10. The van der Waals surface area contributed by atoms with Gasteiger partial charge in [0, 0.05) is 5.56 Å². The molecule has 0 aliphatic heterocycles. The summed E-state index contributed by atoms with van der Waals surface area (Å²) in [7, 11) is 3.07. The maximum Gasteiger partial charge on any atom is 0.133 e. The van der Waals surface area contributed by atoms with E-state index in [1.807, 2.05) is 13.0 Å². The van der Waals surface area contributed by atoms with Crippen LogP contribution in [0.5, 0.6) is 11.5 Å². The fraction of sp³-hybridized carbons (Fsp3) is 0.200. The minimum absolute atomic E-state index is 0.293. The maximum absolute atomic E-state index is 14.1. The largest absolute Gasteiger partial charge is 0.496 e. The van der Waals surface area contributed by atoms with Crippen molar-refractivity contribution in [2.45, 2.75) is 6.92 Å². The van der Waals surface area contributed by atoms with Crippen LogP contribution < -0.4 is 9.47 Å². The maximum atomic E-state index is 14.1. The molecule has 0 bridgehead atoms. The van der Waals surface area contributed by atoms with E-state index in [0.29, 0.717) is 27.6 Å². The second kappa shape index (κ2) is 5.49. The third-order valence-electron chi connectivity index (χ3n) is 2.95. The lowest BCUT2D eigenvalue weighted by molar-refractivity contribution is 0.395. The quantitative estimate of drug-likeness (QED) is 0.826. The molecular formula is C15H14ClFO2. The summed E-state index contributed by atoms with van der Waals surface area (Å²) in [6, 6.07) is 8.20. The Hall–Kier alpha value is -1.74. The SMILES string of the molecule is COc1ccc(C)c(OC)c1-c1c(F)cccc1Cl. The topological polar surface area (TPSA) is 18.5 Å². The average Bonchev–Trinajstić information content (AvgIpc) is 2.39. The Balaban J connectivity index is 2.84. The Kier molecular flexibility index (Phi) is 3.96. The molecule has 2 rings (SSSR count). The average molecular weight is 281 g/mol. The monoisotopic (exact) mass is 280 g/mol. The van der Waals surface area contributed by atoms with Gasteiger partial charge in [-0.3, -0.25) is 0 Å². The summed E-state index contributed by atoms with van der Waals surface area (Å²) in [6.07, 6.45) is 0. The van der Waals surface area contributed by atoms with Crippen LogP contribution in [0.15, 0.2) is 30.3 Å². The van der Waals surface area contributed by atoms with Gasteiger partial charge in [0.1, 0.15) is 17.3 Å². The molecule has 0 aliphatic carbocycles. The summed E-state index contributed by atoms with van der Waals surface area (Å²) >= 11 is 6.12. The summed E-state index contributed by atoms with van der Waals surface area (Å²) in [5, 5.41) is 0.321. The third kappa shape index (κ3) is 2.38. The Morgan fingerprint density at radius 2 is 1.74 bits per heavy atom. The second-order valence-corrected chi connectivity index (χ2v) is 4.50. The molecular weight excluding hydrogens is 267 g/mol. The summed E-state index contributed by atoms with van der Waals surface area (Å²) in [5.74, 6) is 0.676. The number of aryl methyl sites for hydroxylation is 1. The van der Waals surface area contributed by atoms with E-state index in [-0.39, 0.29) is 0 Å². The molecule has 0 amide bonds. The van der Waals surface area contributed by atoms with Crippen LogP contribution in [-0.2, 0) is 0 Å². The fourth-order valence-corrected chi connectivity index (χ4v) is 2.33. The van der Waals surface area contributed by atoms with Gasteiger partial charge in [-0.05, 0) is 30.7 Å². The Labute approximate surface area is 116 Å². The smallest absolute Gasteiger partial charge is 0.133 e. The van der Waals surface area contributed by atoms with Crippen LogP contribution in [-0.4, -0.2) is 14.2 Å². The molecule has 0 aliphatic rings. The number of ether oxygens (including phenoxy) is 2. The number of halogens is 2. The van der Waals surface area contributed by atoms with Crippen molar-refractivity contribution < 1.29 is 13.9 Å². The van der Waals surface area contributed by atoms with E-state index in [2.05, 4.69) is 0 Å². The first-order valence-corrected chi connectivity index (χ1v) is 6.14. The highest BCUT2D eigenvalue weighted by Crippen LogP contribution is 2.44. The first-order valence-electron chi connectivity index (χ1n) is 5.76. The Morgan fingerprint density at radius 1 is 1.00 bits per heavy atom. The molecule has 0 radical (unpaired) electrons. The molecule has 0 spiro atoms. The fourth-order valence-electron chi connectivity index (χ4n) is 2.08. The number of methoxy groups -OCH3 is 2. The lowest BCUT2D eigenvalue weighted by Gasteiger charge is -2.17. The molecule has 0 aromatic heterocycles. The van der Waals surface area contributed by atoms with Gasteiger partial charge in [0.25, 0.3) is 0 Å². The minimum atomic E-state index is -0.408. The number of benzene rings is 2. The molecule has 2 aromatic rings. The van der Waals surface area contributed by atoms with Crippen molar-refractivity contribution in [1.82, 2.24) is 0 Å². The van der Waals surface area contributed by atoms with E-state index in [4.69, 9.17) is 21.1 Å². The minimum Gasteiger partial charge on any atom is -0.496 e. The zero-order chi connectivity index (χ0) is 14.0. The number of hydrogen-bond donors (Lipinski definition) is 0. The van der Waals surface area contributed by atoms with Crippen molar-refractivity contribution in [3.63, 3.8) is 0 Å². The van der Waals surface area contributed by atoms with Crippen molar-refractivity contribution in [1.29, 1.82) is 0 Å². The van der Waals surface area contributed by atoms with Gasteiger partial charge in [-0.15, -0.1) is 0 Å². The third-order valence-corrected chi connectivity index (χ3v) is 3.27. The van der Waals surface area contributed by atoms with E-state index in [1.54, 1.807) is 25.3 Å². The zero-order valence-electron chi connectivity index (χ0n) is 11.0. The lowest BCUT2D eigenvalue weighted by Crippen LogP contribution is -1.97. The molecule has 0 heterocycles. The van der Waals surface area contributed by atoms with E-state index >= 15 is 0 Å². The molecule has 0 N–H and O–H groups in total. The summed E-state index contributed by atoms with van der Waals surface area (Å²) in [6.45, 7) is 1.89. The highest BCUT2D eigenvalue weighted by Gasteiger charge is 2.20. The van der Waals surface area contributed by atoms with Crippen LogP contribution in [0, 0.1) is 12.7 Å². The van der Waals surface area contributed by atoms with Crippen LogP contribution in [0.4, 0.5) is 4.39 Å². The van der Waals surface area contributed by atoms with Crippen LogP contribution in [0.2, 0.25) is 5.02 Å². The zero-order valence-corrected chi connectivity index (χ0v) is 11.7. The van der Waals surface area contributed by atoms with Crippen LogP contribution in [0.1, 0.15) is 5.56 Å². The predicted molar refractivity (Wildman–Crippen MR) is 74.7 cm³/mol. The van der Waals surface area contributed by atoms with Crippen molar-refractivity contribution in [3.8, 4) is 22.6 Å². The molecule has 2 nitrogen and oxygen atoms in total. The van der Waals surface area contributed by atoms with Gasteiger partial charge in [-0.1, -0.05) is 23.7 Å². The highest BCUT2D eigenvalue weighted by molar-refractivity contribution is 6.33.